The van der Waals surface area contributed by atoms with Crippen molar-refractivity contribution in [1.29, 1.82) is 0 Å². The second kappa shape index (κ2) is 5.45. The zero-order chi connectivity index (χ0) is 13.9. The number of hydrogen-bond donors (Lipinski definition) is 2. The molecule has 0 saturated heterocycles. The Hall–Kier alpha value is -2.16. The van der Waals surface area contributed by atoms with Crippen molar-refractivity contribution in [1.82, 2.24) is 0 Å². The van der Waals surface area contributed by atoms with E-state index in [2.05, 4.69) is 24.4 Å². The minimum atomic E-state index is 0.313. The van der Waals surface area contributed by atoms with Gasteiger partial charge < -0.3 is 15.2 Å². The molecule has 104 valence electrons. The quantitative estimate of drug-likeness (QED) is 0.894. The predicted molar refractivity (Wildman–Crippen MR) is 80.5 cm³/mol. The van der Waals surface area contributed by atoms with Crippen LogP contribution >= 0.6 is 0 Å². The summed E-state index contributed by atoms with van der Waals surface area (Å²) in [5.74, 6) is 1.33. The minimum absolute atomic E-state index is 0.313. The van der Waals surface area contributed by atoms with Gasteiger partial charge in [0.05, 0.1) is 6.61 Å². The van der Waals surface area contributed by atoms with Crippen molar-refractivity contribution >= 4 is 5.69 Å². The second-order valence-electron chi connectivity index (χ2n) is 5.34. The molecule has 3 heteroatoms. The Labute approximate surface area is 119 Å². The maximum atomic E-state index is 9.29. The Morgan fingerprint density at radius 2 is 2.00 bits per heavy atom. The molecule has 0 spiro atoms. The van der Waals surface area contributed by atoms with E-state index in [-0.39, 0.29) is 0 Å². The lowest BCUT2D eigenvalue weighted by atomic mass is 10.1. The Morgan fingerprint density at radius 1 is 1.20 bits per heavy atom. The number of phenols is 1. The van der Waals surface area contributed by atoms with Crippen molar-refractivity contribution in [2.75, 3.05) is 11.9 Å². The van der Waals surface area contributed by atoms with Crippen LogP contribution < -0.4 is 10.1 Å². The highest BCUT2D eigenvalue weighted by Crippen LogP contribution is 2.28. The van der Waals surface area contributed by atoms with Crippen molar-refractivity contribution in [3.05, 3.63) is 53.6 Å². The van der Waals surface area contributed by atoms with Gasteiger partial charge >= 0.3 is 0 Å². The zero-order valence-electron chi connectivity index (χ0n) is 11.6. The molecule has 0 aromatic heterocycles. The molecule has 2 N–H and O–H groups in total. The summed E-state index contributed by atoms with van der Waals surface area (Å²) in [6.07, 6.45) is 1.92. The number of hydrogen-bond acceptors (Lipinski definition) is 3. The lowest BCUT2D eigenvalue weighted by Crippen LogP contribution is -2.18. The fourth-order valence-electron chi connectivity index (χ4n) is 2.60. The summed E-state index contributed by atoms with van der Waals surface area (Å²) in [6, 6.07) is 14.0. The van der Waals surface area contributed by atoms with Crippen molar-refractivity contribution in [3.63, 3.8) is 0 Å². The molecule has 0 bridgehead atoms. The largest absolute Gasteiger partial charge is 0.508 e. The molecule has 0 saturated carbocycles. The molecular formula is C17H19NO2. The maximum Gasteiger partial charge on any atom is 0.122 e. The molecule has 1 unspecified atom stereocenters. The van der Waals surface area contributed by atoms with Gasteiger partial charge in [-0.3, -0.25) is 0 Å². The fraction of sp³-hybridized carbons (Fsp3) is 0.294. The van der Waals surface area contributed by atoms with Crippen molar-refractivity contribution in [3.8, 4) is 11.5 Å². The monoisotopic (exact) mass is 269 g/mol. The van der Waals surface area contributed by atoms with Crippen LogP contribution in [0.3, 0.4) is 0 Å². The van der Waals surface area contributed by atoms with Gasteiger partial charge in [0, 0.05) is 18.2 Å². The van der Waals surface area contributed by atoms with Gasteiger partial charge in [0.25, 0.3) is 0 Å². The number of nitrogens with one attached hydrogen (secondary N) is 1. The first-order chi connectivity index (χ1) is 9.70. The maximum absolute atomic E-state index is 9.29. The van der Waals surface area contributed by atoms with Gasteiger partial charge in [0.1, 0.15) is 11.5 Å². The van der Waals surface area contributed by atoms with Crippen molar-refractivity contribution in [2.24, 2.45) is 0 Å². The molecule has 1 aliphatic heterocycles. The van der Waals surface area contributed by atoms with Crippen LogP contribution in [0.15, 0.2) is 42.5 Å². The normalized spacial score (nSPS) is 14.4. The summed E-state index contributed by atoms with van der Waals surface area (Å²) >= 11 is 0. The van der Waals surface area contributed by atoms with Crippen molar-refractivity contribution in [2.45, 2.75) is 25.8 Å². The molecule has 1 heterocycles. The number of rotatable bonds is 4. The van der Waals surface area contributed by atoms with Crippen LogP contribution in [0.4, 0.5) is 5.69 Å². The Morgan fingerprint density at radius 3 is 2.80 bits per heavy atom. The summed E-state index contributed by atoms with van der Waals surface area (Å²) in [7, 11) is 0. The van der Waals surface area contributed by atoms with Gasteiger partial charge in [-0.05, 0) is 54.8 Å². The molecule has 0 radical (unpaired) electrons. The molecular weight excluding hydrogens is 250 g/mol. The predicted octanol–water partition coefficient (Wildman–Crippen LogP) is 3.37. The van der Waals surface area contributed by atoms with E-state index >= 15 is 0 Å². The molecule has 1 atom stereocenters. The highest BCUT2D eigenvalue weighted by Gasteiger charge is 2.12. The smallest absolute Gasteiger partial charge is 0.122 e. The van der Waals surface area contributed by atoms with Gasteiger partial charge in [-0.15, -0.1) is 0 Å². The van der Waals surface area contributed by atoms with Crippen LogP contribution in [0.1, 0.15) is 18.1 Å². The molecule has 20 heavy (non-hydrogen) atoms. The average molecular weight is 269 g/mol. The summed E-state index contributed by atoms with van der Waals surface area (Å²) in [5.41, 5.74) is 3.64. The topological polar surface area (TPSA) is 41.5 Å². The van der Waals surface area contributed by atoms with Gasteiger partial charge in [0.15, 0.2) is 0 Å². The number of aromatic hydroxyl groups is 1. The van der Waals surface area contributed by atoms with E-state index in [0.29, 0.717) is 11.8 Å². The van der Waals surface area contributed by atoms with E-state index in [1.165, 1.54) is 11.1 Å². The van der Waals surface area contributed by atoms with Crippen LogP contribution in [-0.2, 0) is 12.8 Å². The lowest BCUT2D eigenvalue weighted by molar-refractivity contribution is 0.357. The van der Waals surface area contributed by atoms with E-state index in [1.54, 1.807) is 12.1 Å². The van der Waals surface area contributed by atoms with Gasteiger partial charge in [0.2, 0.25) is 0 Å². The number of fused-ring (bicyclic) bond motifs is 1. The third-order valence-electron chi connectivity index (χ3n) is 3.58. The Balaban J connectivity index is 1.63. The van der Waals surface area contributed by atoms with E-state index in [1.807, 2.05) is 18.2 Å². The molecule has 0 fully saturated rings. The van der Waals surface area contributed by atoms with E-state index in [9.17, 15) is 5.11 Å². The summed E-state index contributed by atoms with van der Waals surface area (Å²) in [4.78, 5) is 0. The summed E-state index contributed by atoms with van der Waals surface area (Å²) in [5, 5.41) is 12.8. The average Bonchev–Trinajstić information content (AvgIpc) is 2.89. The van der Waals surface area contributed by atoms with Gasteiger partial charge in [-0.25, -0.2) is 0 Å². The highest BCUT2D eigenvalue weighted by atomic mass is 16.5. The SMILES string of the molecule is CC(Cc1ccc(O)cc1)Nc1ccc2c(c1)CCO2. The van der Waals surface area contributed by atoms with Crippen molar-refractivity contribution < 1.29 is 9.84 Å². The third-order valence-corrected chi connectivity index (χ3v) is 3.58. The third kappa shape index (κ3) is 2.87. The van der Waals surface area contributed by atoms with Crippen LogP contribution in [0, 0.1) is 0 Å². The molecule has 2 aromatic rings. The highest BCUT2D eigenvalue weighted by molar-refractivity contribution is 5.53. The molecule has 3 rings (SSSR count). The summed E-state index contributed by atoms with van der Waals surface area (Å²) < 4.78 is 5.51. The van der Waals surface area contributed by atoms with Gasteiger partial charge in [-0.2, -0.15) is 0 Å². The standard InChI is InChI=1S/C17H19NO2/c1-12(10-13-2-5-16(19)6-3-13)18-15-4-7-17-14(11-15)8-9-20-17/h2-7,11-12,18-19H,8-10H2,1H3. The molecule has 1 aliphatic rings. The zero-order valence-corrected chi connectivity index (χ0v) is 11.6. The number of phenolic OH excluding ortho intramolecular Hbond substituents is 1. The Kier molecular flexibility index (Phi) is 3.50. The van der Waals surface area contributed by atoms with E-state index in [4.69, 9.17) is 4.74 Å². The van der Waals surface area contributed by atoms with E-state index < -0.39 is 0 Å². The fourth-order valence-corrected chi connectivity index (χ4v) is 2.60. The second-order valence-corrected chi connectivity index (χ2v) is 5.34. The number of ether oxygens (including phenoxy) is 1. The first-order valence-corrected chi connectivity index (χ1v) is 7.01. The summed E-state index contributed by atoms with van der Waals surface area (Å²) in [6.45, 7) is 2.96. The minimum Gasteiger partial charge on any atom is -0.508 e. The first kappa shape index (κ1) is 12.9. The van der Waals surface area contributed by atoms with Crippen LogP contribution in [-0.4, -0.2) is 17.8 Å². The number of benzene rings is 2. The first-order valence-electron chi connectivity index (χ1n) is 7.01. The molecule has 0 aliphatic carbocycles. The molecule has 3 nitrogen and oxygen atoms in total. The Bertz CT molecular complexity index is 592. The van der Waals surface area contributed by atoms with Crippen LogP contribution in [0.25, 0.3) is 0 Å². The molecule has 0 amide bonds. The van der Waals surface area contributed by atoms with Gasteiger partial charge in [-0.1, -0.05) is 12.1 Å². The number of anilines is 1. The lowest BCUT2D eigenvalue weighted by Gasteiger charge is -2.16. The van der Waals surface area contributed by atoms with Crippen LogP contribution in [0.2, 0.25) is 0 Å². The van der Waals surface area contributed by atoms with Crippen LogP contribution in [0.5, 0.6) is 11.5 Å². The molecule has 2 aromatic carbocycles. The van der Waals surface area contributed by atoms with E-state index in [0.717, 1.165) is 30.9 Å².